The third-order valence-corrected chi connectivity index (χ3v) is 7.96. The predicted octanol–water partition coefficient (Wildman–Crippen LogP) is 1.95. The zero-order valence-corrected chi connectivity index (χ0v) is 21.3. The third-order valence-electron chi connectivity index (χ3n) is 7.96. The van der Waals surface area contributed by atoms with Gasteiger partial charge >= 0.3 is 5.97 Å². The molecule has 0 aromatic heterocycles. The summed E-state index contributed by atoms with van der Waals surface area (Å²) >= 11 is 0. The van der Waals surface area contributed by atoms with Crippen LogP contribution in [0.15, 0.2) is 23.8 Å². The lowest BCUT2D eigenvalue weighted by Gasteiger charge is -2.43. The van der Waals surface area contributed by atoms with E-state index in [1.165, 1.54) is 0 Å². The molecule has 1 heterocycles. The Morgan fingerprint density at radius 2 is 1.97 bits per heavy atom. The van der Waals surface area contributed by atoms with Crippen molar-refractivity contribution >= 4 is 11.9 Å². The van der Waals surface area contributed by atoms with E-state index in [1.54, 1.807) is 4.90 Å². The maximum absolute atomic E-state index is 12.5. The number of hydrogen-bond donors (Lipinski definition) is 4. The SMILES string of the molecule is CC[C@H](C)C(=O)O[C@H]1C[C@H](O)C=C2C=C[C@H](C)[C@H](CC[C@@H](O)C[C@@H](O)CC(=O)N3CC[C@@H](O)C3)[C@H]21. The molecular weight excluding hydrogens is 450 g/mol. The first-order chi connectivity index (χ1) is 16.6. The second kappa shape index (κ2) is 12.5. The minimum absolute atomic E-state index is 0.0494. The second-order valence-corrected chi connectivity index (χ2v) is 10.8. The van der Waals surface area contributed by atoms with Crippen molar-refractivity contribution in [2.45, 2.75) is 96.2 Å². The largest absolute Gasteiger partial charge is 0.461 e. The number of likely N-dealkylation sites (tertiary alicyclic amines) is 1. The van der Waals surface area contributed by atoms with Crippen molar-refractivity contribution in [2.75, 3.05) is 13.1 Å². The van der Waals surface area contributed by atoms with Gasteiger partial charge < -0.3 is 30.1 Å². The number of carbonyl (C=O) groups is 2. The highest BCUT2D eigenvalue weighted by Crippen LogP contribution is 2.44. The summed E-state index contributed by atoms with van der Waals surface area (Å²) in [5, 5.41) is 40.9. The molecule has 1 amide bonds. The van der Waals surface area contributed by atoms with Gasteiger partial charge in [-0.2, -0.15) is 0 Å². The lowest BCUT2D eigenvalue weighted by Crippen LogP contribution is -2.43. The molecule has 4 N–H and O–H groups in total. The van der Waals surface area contributed by atoms with Crippen LogP contribution >= 0.6 is 0 Å². The normalized spacial score (nSPS) is 33.0. The monoisotopic (exact) mass is 493 g/mol. The van der Waals surface area contributed by atoms with Gasteiger partial charge in [0, 0.05) is 25.4 Å². The molecule has 0 saturated carbocycles. The minimum Gasteiger partial charge on any atom is -0.461 e. The van der Waals surface area contributed by atoms with Crippen LogP contribution in [0, 0.1) is 23.7 Å². The van der Waals surface area contributed by atoms with E-state index >= 15 is 0 Å². The number of β-amino-alcohol motifs (C(OH)–C–C–N with tert-alkyl or cyclic N) is 1. The molecule has 1 fully saturated rings. The van der Waals surface area contributed by atoms with E-state index in [9.17, 15) is 30.0 Å². The van der Waals surface area contributed by atoms with Gasteiger partial charge in [-0.1, -0.05) is 39.0 Å². The van der Waals surface area contributed by atoms with Crippen LogP contribution in [0.2, 0.25) is 0 Å². The number of aliphatic hydroxyl groups is 4. The van der Waals surface area contributed by atoms with Crippen LogP contribution in [-0.2, 0) is 14.3 Å². The standard InChI is InChI=1S/C27H43NO7/c1-4-16(2)27(34)35-24-13-21(31)11-18-6-5-17(3)23(26(18)24)8-7-19(29)12-22(32)14-25(33)28-10-9-20(30)15-28/h5-6,11,16-17,19-24,26,29-32H,4,7-10,12-15H2,1-3H3/t16-,17-,19+,20+,21+,22+,23-,24-,26-/m0/s1. The molecule has 8 heteroatoms. The first kappa shape index (κ1) is 27.8. The van der Waals surface area contributed by atoms with Gasteiger partial charge in [-0.15, -0.1) is 0 Å². The van der Waals surface area contributed by atoms with Gasteiger partial charge in [0.1, 0.15) is 6.10 Å². The summed E-state index contributed by atoms with van der Waals surface area (Å²) in [4.78, 5) is 26.4. The Morgan fingerprint density at radius 1 is 1.23 bits per heavy atom. The quantitative estimate of drug-likeness (QED) is 0.343. The number of esters is 1. The second-order valence-electron chi connectivity index (χ2n) is 10.8. The molecule has 0 aromatic rings. The first-order valence-corrected chi connectivity index (χ1v) is 13.2. The number of carbonyl (C=O) groups excluding carboxylic acids is 2. The average Bonchev–Trinajstić information content (AvgIpc) is 3.24. The van der Waals surface area contributed by atoms with Crippen molar-refractivity contribution in [1.29, 1.82) is 0 Å². The minimum atomic E-state index is -0.941. The van der Waals surface area contributed by atoms with Crippen LogP contribution < -0.4 is 0 Å². The number of rotatable bonds is 10. The molecule has 35 heavy (non-hydrogen) atoms. The van der Waals surface area contributed by atoms with Crippen molar-refractivity contribution < 1.29 is 34.8 Å². The number of nitrogens with zero attached hydrogens (tertiary/aromatic N) is 1. The van der Waals surface area contributed by atoms with E-state index in [0.717, 1.165) is 5.57 Å². The molecule has 9 atom stereocenters. The van der Waals surface area contributed by atoms with E-state index in [4.69, 9.17) is 4.74 Å². The fraction of sp³-hybridized carbons (Fsp3) is 0.778. The van der Waals surface area contributed by atoms with Crippen molar-refractivity contribution in [3.63, 3.8) is 0 Å². The Labute approximate surface area is 208 Å². The van der Waals surface area contributed by atoms with Gasteiger partial charge in [0.25, 0.3) is 0 Å². The zero-order chi connectivity index (χ0) is 25.7. The summed E-state index contributed by atoms with van der Waals surface area (Å²) < 4.78 is 5.90. The maximum Gasteiger partial charge on any atom is 0.308 e. The van der Waals surface area contributed by atoms with Gasteiger partial charge in [0.05, 0.1) is 36.8 Å². The van der Waals surface area contributed by atoms with E-state index in [-0.39, 0.29) is 48.4 Å². The number of amides is 1. The first-order valence-electron chi connectivity index (χ1n) is 13.2. The average molecular weight is 494 g/mol. The van der Waals surface area contributed by atoms with Crippen molar-refractivity contribution in [1.82, 2.24) is 4.90 Å². The Bertz CT molecular complexity index is 796. The van der Waals surface area contributed by atoms with Crippen LogP contribution in [0.3, 0.4) is 0 Å². The van der Waals surface area contributed by atoms with Crippen LogP contribution in [0.4, 0.5) is 0 Å². The molecule has 0 aromatic carbocycles. The number of allylic oxidation sites excluding steroid dienone is 2. The molecule has 1 aliphatic heterocycles. The summed E-state index contributed by atoms with van der Waals surface area (Å²) in [6.45, 7) is 6.70. The molecule has 0 bridgehead atoms. The lowest BCUT2D eigenvalue weighted by atomic mass is 9.66. The van der Waals surface area contributed by atoms with Gasteiger partial charge in [0.15, 0.2) is 0 Å². The molecule has 3 rings (SSSR count). The van der Waals surface area contributed by atoms with Crippen molar-refractivity contribution in [3.8, 4) is 0 Å². The van der Waals surface area contributed by atoms with Gasteiger partial charge in [-0.3, -0.25) is 9.59 Å². The highest BCUT2D eigenvalue weighted by atomic mass is 16.5. The van der Waals surface area contributed by atoms with Gasteiger partial charge in [0.2, 0.25) is 5.91 Å². The van der Waals surface area contributed by atoms with E-state index in [0.29, 0.717) is 45.2 Å². The van der Waals surface area contributed by atoms with Crippen LogP contribution in [0.1, 0.15) is 65.7 Å². The van der Waals surface area contributed by atoms with Crippen molar-refractivity contribution in [2.24, 2.45) is 23.7 Å². The number of fused-ring (bicyclic) bond motifs is 1. The third kappa shape index (κ3) is 7.38. The lowest BCUT2D eigenvalue weighted by molar-refractivity contribution is -0.159. The highest BCUT2D eigenvalue weighted by Gasteiger charge is 2.42. The van der Waals surface area contributed by atoms with E-state index in [1.807, 2.05) is 26.0 Å². The Kier molecular flexibility index (Phi) is 9.93. The summed E-state index contributed by atoms with van der Waals surface area (Å²) in [6.07, 6.45) is 5.45. The zero-order valence-electron chi connectivity index (χ0n) is 21.3. The summed E-state index contributed by atoms with van der Waals surface area (Å²) in [6, 6.07) is 0. The predicted molar refractivity (Wildman–Crippen MR) is 131 cm³/mol. The Morgan fingerprint density at radius 3 is 2.63 bits per heavy atom. The number of hydrogen-bond acceptors (Lipinski definition) is 7. The molecule has 0 radical (unpaired) electrons. The van der Waals surface area contributed by atoms with Gasteiger partial charge in [-0.05, 0) is 49.5 Å². The van der Waals surface area contributed by atoms with Gasteiger partial charge in [-0.25, -0.2) is 0 Å². The molecular formula is C27H43NO7. The number of aliphatic hydroxyl groups excluding tert-OH is 4. The van der Waals surface area contributed by atoms with Crippen LogP contribution in [-0.4, -0.2) is 80.8 Å². The Hall–Kier alpha value is -1.74. The molecule has 0 unspecified atom stereocenters. The van der Waals surface area contributed by atoms with Crippen molar-refractivity contribution in [3.05, 3.63) is 23.8 Å². The molecule has 3 aliphatic rings. The van der Waals surface area contributed by atoms with Crippen LogP contribution in [0.5, 0.6) is 0 Å². The summed E-state index contributed by atoms with van der Waals surface area (Å²) in [5.74, 6) is -0.373. The molecule has 0 spiro atoms. The fourth-order valence-electron chi connectivity index (χ4n) is 5.62. The summed E-state index contributed by atoms with van der Waals surface area (Å²) in [7, 11) is 0. The summed E-state index contributed by atoms with van der Waals surface area (Å²) in [5.41, 5.74) is 0.974. The fourth-order valence-corrected chi connectivity index (χ4v) is 5.62. The highest BCUT2D eigenvalue weighted by molar-refractivity contribution is 5.77. The van der Waals surface area contributed by atoms with Crippen LogP contribution in [0.25, 0.3) is 0 Å². The molecule has 2 aliphatic carbocycles. The topological polar surface area (TPSA) is 128 Å². The smallest absolute Gasteiger partial charge is 0.308 e. The maximum atomic E-state index is 12.5. The molecule has 1 saturated heterocycles. The molecule has 198 valence electrons. The molecule has 8 nitrogen and oxygen atoms in total. The van der Waals surface area contributed by atoms with E-state index < -0.39 is 30.5 Å². The van der Waals surface area contributed by atoms with E-state index in [2.05, 4.69) is 13.0 Å². The Balaban J connectivity index is 1.58. The number of ether oxygens (including phenoxy) is 1.